The standard InChI is InChI=1S/C11H3F12NO/c12-8(13,14)2-1-3(9(15,16)17)6(11(21,22)23)4(7(24)25)5(2)10(18,19)20/h1H,(H2,24,25). The molecule has 1 rings (SSSR count). The summed E-state index contributed by atoms with van der Waals surface area (Å²) in [7, 11) is 0. The van der Waals surface area contributed by atoms with Gasteiger partial charge in [-0.1, -0.05) is 0 Å². The van der Waals surface area contributed by atoms with Crippen molar-refractivity contribution in [3.63, 3.8) is 0 Å². The molecule has 0 radical (unpaired) electrons. The van der Waals surface area contributed by atoms with E-state index in [4.69, 9.17) is 0 Å². The van der Waals surface area contributed by atoms with E-state index < -0.39 is 64.5 Å². The normalized spacial score (nSPS) is 13.9. The van der Waals surface area contributed by atoms with Crippen LogP contribution in [0.5, 0.6) is 0 Å². The van der Waals surface area contributed by atoms with Gasteiger partial charge in [-0.3, -0.25) is 4.79 Å². The van der Waals surface area contributed by atoms with E-state index in [1.165, 1.54) is 0 Å². The summed E-state index contributed by atoms with van der Waals surface area (Å²) in [6.07, 6.45) is -24.8. The molecule has 1 aromatic carbocycles. The van der Waals surface area contributed by atoms with E-state index in [0.29, 0.717) is 0 Å². The average Bonchev–Trinajstić information content (AvgIpc) is 2.31. The fraction of sp³-hybridized carbons (Fsp3) is 0.364. The van der Waals surface area contributed by atoms with Crippen LogP contribution in [-0.4, -0.2) is 5.91 Å². The number of carbonyl (C=O) groups is 1. The average molecular weight is 393 g/mol. The molecule has 0 heterocycles. The van der Waals surface area contributed by atoms with Gasteiger partial charge in [0.05, 0.1) is 27.8 Å². The highest BCUT2D eigenvalue weighted by atomic mass is 19.4. The lowest BCUT2D eigenvalue weighted by Gasteiger charge is -2.25. The molecule has 0 aliphatic rings. The molecule has 0 aliphatic heterocycles. The van der Waals surface area contributed by atoms with Crippen LogP contribution < -0.4 is 5.73 Å². The van der Waals surface area contributed by atoms with Gasteiger partial charge in [0.1, 0.15) is 0 Å². The van der Waals surface area contributed by atoms with Crippen molar-refractivity contribution in [2.45, 2.75) is 24.7 Å². The van der Waals surface area contributed by atoms with Crippen molar-refractivity contribution in [3.8, 4) is 0 Å². The minimum Gasteiger partial charge on any atom is -0.366 e. The zero-order valence-electron chi connectivity index (χ0n) is 11.1. The van der Waals surface area contributed by atoms with E-state index in [0.717, 1.165) is 0 Å². The lowest BCUT2D eigenvalue weighted by molar-refractivity contribution is -0.171. The highest BCUT2D eigenvalue weighted by molar-refractivity contribution is 5.97. The van der Waals surface area contributed by atoms with Gasteiger partial charge in [0.2, 0.25) is 5.91 Å². The summed E-state index contributed by atoms with van der Waals surface area (Å²) < 4.78 is 153. The maximum Gasteiger partial charge on any atom is 0.417 e. The molecule has 0 bridgehead atoms. The fourth-order valence-corrected chi connectivity index (χ4v) is 1.97. The van der Waals surface area contributed by atoms with Crippen LogP contribution in [0.25, 0.3) is 0 Å². The van der Waals surface area contributed by atoms with E-state index in [2.05, 4.69) is 5.73 Å². The van der Waals surface area contributed by atoms with Crippen LogP contribution in [-0.2, 0) is 24.7 Å². The molecular formula is C11H3F12NO. The van der Waals surface area contributed by atoms with Gasteiger partial charge in [-0.05, 0) is 6.07 Å². The van der Waals surface area contributed by atoms with Gasteiger partial charge in [-0.15, -0.1) is 0 Å². The lowest BCUT2D eigenvalue weighted by Crippen LogP contribution is -2.31. The third-order valence-corrected chi connectivity index (χ3v) is 2.75. The second-order valence-corrected chi connectivity index (χ2v) is 4.45. The van der Waals surface area contributed by atoms with E-state index in [1.54, 1.807) is 0 Å². The highest BCUT2D eigenvalue weighted by Crippen LogP contribution is 2.50. The summed E-state index contributed by atoms with van der Waals surface area (Å²) in [4.78, 5) is 11.0. The number of alkyl halides is 12. The Bertz CT molecular complexity index is 641. The summed E-state index contributed by atoms with van der Waals surface area (Å²) in [6.45, 7) is 0. The van der Waals surface area contributed by atoms with Gasteiger partial charge in [0.25, 0.3) is 0 Å². The molecule has 25 heavy (non-hydrogen) atoms. The number of halogens is 12. The largest absolute Gasteiger partial charge is 0.417 e. The number of hydrogen-bond donors (Lipinski definition) is 1. The molecule has 0 fully saturated rings. The Balaban J connectivity index is 4.33. The number of hydrogen-bond acceptors (Lipinski definition) is 1. The summed E-state index contributed by atoms with van der Waals surface area (Å²) in [5, 5.41) is 0. The monoisotopic (exact) mass is 393 g/mol. The number of primary amides is 1. The smallest absolute Gasteiger partial charge is 0.366 e. The van der Waals surface area contributed by atoms with Gasteiger partial charge in [0.15, 0.2) is 0 Å². The maximum atomic E-state index is 12.8. The molecule has 0 saturated heterocycles. The minimum absolute atomic E-state index is 1.35. The number of rotatable bonds is 1. The van der Waals surface area contributed by atoms with Gasteiger partial charge in [-0.2, -0.15) is 52.7 Å². The lowest BCUT2D eigenvalue weighted by atomic mass is 9.89. The zero-order valence-corrected chi connectivity index (χ0v) is 11.1. The molecule has 0 spiro atoms. The SMILES string of the molecule is NC(=O)c1c(C(F)(F)F)c(C(F)(F)F)cc(C(F)(F)F)c1C(F)(F)F. The number of benzene rings is 1. The molecule has 1 aromatic rings. The molecule has 0 atom stereocenters. The van der Waals surface area contributed by atoms with Crippen LogP contribution in [0.2, 0.25) is 0 Å². The van der Waals surface area contributed by atoms with E-state index in [-0.39, 0.29) is 0 Å². The summed E-state index contributed by atoms with van der Waals surface area (Å²) in [6, 6.07) is -1.35. The van der Waals surface area contributed by atoms with E-state index in [9.17, 15) is 57.5 Å². The van der Waals surface area contributed by atoms with Gasteiger partial charge in [-0.25, -0.2) is 0 Å². The Hall–Kier alpha value is -2.15. The topological polar surface area (TPSA) is 43.1 Å². The Morgan fingerprint density at radius 2 is 0.920 bits per heavy atom. The van der Waals surface area contributed by atoms with Crippen molar-refractivity contribution in [2.75, 3.05) is 0 Å². The summed E-state index contributed by atoms with van der Waals surface area (Å²) in [5.41, 5.74) is -11.4. The number of carbonyl (C=O) groups excluding carboxylic acids is 1. The fourth-order valence-electron chi connectivity index (χ4n) is 1.97. The van der Waals surface area contributed by atoms with Crippen molar-refractivity contribution in [3.05, 3.63) is 33.9 Å². The predicted molar refractivity (Wildman–Crippen MR) is 55.0 cm³/mol. The zero-order chi connectivity index (χ0) is 20.2. The molecule has 2 nitrogen and oxygen atoms in total. The molecule has 142 valence electrons. The summed E-state index contributed by atoms with van der Waals surface area (Å²) in [5.74, 6) is -2.75. The van der Waals surface area contributed by atoms with E-state index in [1.807, 2.05) is 0 Å². The predicted octanol–water partition coefficient (Wildman–Crippen LogP) is 4.86. The molecule has 0 aromatic heterocycles. The van der Waals surface area contributed by atoms with Crippen LogP contribution in [0, 0.1) is 0 Å². The third-order valence-electron chi connectivity index (χ3n) is 2.75. The minimum atomic E-state index is -6.25. The Kier molecular flexibility index (Phi) is 4.76. The maximum absolute atomic E-state index is 12.8. The van der Waals surface area contributed by atoms with E-state index >= 15 is 0 Å². The van der Waals surface area contributed by atoms with Crippen LogP contribution in [0.1, 0.15) is 32.6 Å². The first-order valence-corrected chi connectivity index (χ1v) is 5.59. The highest BCUT2D eigenvalue weighted by Gasteiger charge is 2.54. The third kappa shape index (κ3) is 4.10. The molecule has 0 unspecified atom stereocenters. The van der Waals surface area contributed by atoms with Crippen LogP contribution >= 0.6 is 0 Å². The Morgan fingerprint density at radius 3 is 1.08 bits per heavy atom. The quantitative estimate of drug-likeness (QED) is 0.681. The molecule has 14 heteroatoms. The first-order valence-electron chi connectivity index (χ1n) is 5.59. The molecular weight excluding hydrogens is 390 g/mol. The van der Waals surface area contributed by atoms with Crippen molar-refractivity contribution in [1.82, 2.24) is 0 Å². The Labute approximate surface area is 129 Å². The molecule has 0 saturated carbocycles. The van der Waals surface area contributed by atoms with Crippen molar-refractivity contribution in [2.24, 2.45) is 5.73 Å². The van der Waals surface area contributed by atoms with Crippen molar-refractivity contribution >= 4 is 5.91 Å². The van der Waals surface area contributed by atoms with Gasteiger partial charge < -0.3 is 5.73 Å². The van der Waals surface area contributed by atoms with Crippen LogP contribution in [0.4, 0.5) is 52.7 Å². The first-order chi connectivity index (χ1) is 10.8. The molecule has 0 aliphatic carbocycles. The number of nitrogens with two attached hydrogens (primary N) is 1. The van der Waals surface area contributed by atoms with Crippen molar-refractivity contribution in [1.29, 1.82) is 0 Å². The van der Waals surface area contributed by atoms with Crippen LogP contribution in [0.3, 0.4) is 0 Å². The van der Waals surface area contributed by atoms with Crippen LogP contribution in [0.15, 0.2) is 6.07 Å². The van der Waals surface area contributed by atoms with Crippen molar-refractivity contribution < 1.29 is 57.5 Å². The van der Waals surface area contributed by atoms with Gasteiger partial charge in [0, 0.05) is 0 Å². The second-order valence-electron chi connectivity index (χ2n) is 4.45. The number of amides is 1. The Morgan fingerprint density at radius 1 is 0.640 bits per heavy atom. The molecule has 2 N–H and O–H groups in total. The molecule has 1 amide bonds. The summed E-state index contributed by atoms with van der Waals surface area (Å²) >= 11 is 0. The van der Waals surface area contributed by atoms with Gasteiger partial charge >= 0.3 is 24.7 Å². The second kappa shape index (κ2) is 5.69. The first kappa shape index (κ1) is 20.9.